The maximum Gasteiger partial charge on any atom is 0.220 e. The van der Waals surface area contributed by atoms with E-state index in [1.165, 1.54) is 0 Å². The van der Waals surface area contributed by atoms with Gasteiger partial charge in [0.25, 0.3) is 0 Å². The van der Waals surface area contributed by atoms with Crippen molar-refractivity contribution in [2.24, 2.45) is 0 Å². The molecule has 1 N–H and O–H groups in total. The summed E-state index contributed by atoms with van der Waals surface area (Å²) in [5.74, 6) is 0.0315. The van der Waals surface area contributed by atoms with Gasteiger partial charge in [-0.1, -0.05) is 30.3 Å². The van der Waals surface area contributed by atoms with Gasteiger partial charge in [0.2, 0.25) is 5.91 Å². The first-order chi connectivity index (χ1) is 14.3. The number of aryl methyl sites for hydroxylation is 4. The molecule has 0 aliphatic carbocycles. The molecule has 0 aliphatic rings. The molecule has 4 aromatic rings. The Morgan fingerprint density at radius 1 is 1.10 bits per heavy atom. The SMILES string of the molecule is Cc1cc(C)c2c(n1)nn1c(C)c(CCC(=O)NC(C)c3ccccc3)c(C)nc21. The number of benzene rings is 1. The van der Waals surface area contributed by atoms with Crippen molar-refractivity contribution in [3.63, 3.8) is 0 Å². The molecule has 154 valence electrons. The topological polar surface area (TPSA) is 72.2 Å². The second-order valence-electron chi connectivity index (χ2n) is 7.98. The number of hydrogen-bond acceptors (Lipinski definition) is 4. The van der Waals surface area contributed by atoms with Gasteiger partial charge >= 0.3 is 0 Å². The van der Waals surface area contributed by atoms with Gasteiger partial charge in [0.1, 0.15) is 0 Å². The lowest BCUT2D eigenvalue weighted by Crippen LogP contribution is -2.27. The van der Waals surface area contributed by atoms with Crippen molar-refractivity contribution in [1.82, 2.24) is 24.9 Å². The largest absolute Gasteiger partial charge is 0.350 e. The van der Waals surface area contributed by atoms with E-state index in [9.17, 15) is 4.79 Å². The van der Waals surface area contributed by atoms with Crippen LogP contribution in [0.5, 0.6) is 0 Å². The van der Waals surface area contributed by atoms with E-state index in [4.69, 9.17) is 10.1 Å². The predicted molar refractivity (Wildman–Crippen MR) is 119 cm³/mol. The molecule has 0 fully saturated rings. The first-order valence-corrected chi connectivity index (χ1v) is 10.3. The molecule has 0 aliphatic heterocycles. The van der Waals surface area contributed by atoms with E-state index < -0.39 is 0 Å². The molecule has 0 bridgehead atoms. The van der Waals surface area contributed by atoms with E-state index in [-0.39, 0.29) is 11.9 Å². The van der Waals surface area contributed by atoms with E-state index in [0.29, 0.717) is 18.5 Å². The van der Waals surface area contributed by atoms with Crippen LogP contribution in [-0.4, -0.2) is 25.5 Å². The first kappa shape index (κ1) is 20.0. The highest BCUT2D eigenvalue weighted by molar-refractivity contribution is 5.93. The van der Waals surface area contributed by atoms with Crippen LogP contribution in [0.4, 0.5) is 0 Å². The van der Waals surface area contributed by atoms with Crippen LogP contribution in [0.25, 0.3) is 16.7 Å². The van der Waals surface area contributed by atoms with Crippen molar-refractivity contribution in [2.75, 3.05) is 0 Å². The predicted octanol–water partition coefficient (Wildman–Crippen LogP) is 4.32. The molecule has 0 radical (unpaired) electrons. The second kappa shape index (κ2) is 7.86. The molecule has 30 heavy (non-hydrogen) atoms. The van der Waals surface area contributed by atoms with Gasteiger partial charge in [0.15, 0.2) is 11.3 Å². The average Bonchev–Trinajstić information content (AvgIpc) is 3.07. The number of carbonyl (C=O) groups is 1. The van der Waals surface area contributed by atoms with E-state index in [2.05, 4.69) is 23.3 Å². The van der Waals surface area contributed by atoms with E-state index in [0.717, 1.165) is 44.8 Å². The summed E-state index contributed by atoms with van der Waals surface area (Å²) in [7, 11) is 0. The van der Waals surface area contributed by atoms with Crippen molar-refractivity contribution >= 4 is 22.6 Å². The lowest BCUT2D eigenvalue weighted by molar-refractivity contribution is -0.121. The number of fused-ring (bicyclic) bond motifs is 3. The average molecular weight is 402 g/mol. The highest BCUT2D eigenvalue weighted by Crippen LogP contribution is 2.25. The van der Waals surface area contributed by atoms with Gasteiger partial charge in [-0.05, 0) is 63.8 Å². The standard InChI is InChI=1S/C24H27N5O/c1-14-13-15(2)25-23-22(14)24-27-17(4)20(18(5)29(24)28-23)11-12-21(30)26-16(3)19-9-7-6-8-10-19/h6-10,13,16H,11-12H2,1-5H3,(H,26,30). The molecule has 1 unspecified atom stereocenters. The zero-order chi connectivity index (χ0) is 21.4. The molecule has 3 heterocycles. The summed E-state index contributed by atoms with van der Waals surface area (Å²) in [4.78, 5) is 21.9. The summed E-state index contributed by atoms with van der Waals surface area (Å²) in [6, 6.07) is 12.0. The fourth-order valence-corrected chi connectivity index (χ4v) is 4.11. The summed E-state index contributed by atoms with van der Waals surface area (Å²) in [6.07, 6.45) is 1.03. The maximum atomic E-state index is 12.5. The van der Waals surface area contributed by atoms with Gasteiger partial charge in [-0.25, -0.2) is 14.5 Å². The zero-order valence-electron chi connectivity index (χ0n) is 18.2. The van der Waals surface area contributed by atoms with Crippen LogP contribution in [0.2, 0.25) is 0 Å². The molecular formula is C24H27N5O. The minimum absolute atomic E-state index is 0.0183. The van der Waals surface area contributed by atoms with E-state index in [1.54, 1.807) is 0 Å². The Kier molecular flexibility index (Phi) is 5.24. The quantitative estimate of drug-likeness (QED) is 0.540. The Labute approximate surface area is 176 Å². The Hall–Kier alpha value is -3.28. The van der Waals surface area contributed by atoms with Gasteiger partial charge in [-0.2, -0.15) is 0 Å². The number of hydrogen-bond donors (Lipinski definition) is 1. The Bertz CT molecular complexity index is 1240. The van der Waals surface area contributed by atoms with Crippen LogP contribution in [0, 0.1) is 27.7 Å². The molecule has 1 atom stereocenters. The fraction of sp³-hybridized carbons (Fsp3) is 0.333. The molecule has 6 nitrogen and oxygen atoms in total. The molecule has 6 heteroatoms. The number of rotatable bonds is 5. The van der Waals surface area contributed by atoms with Crippen molar-refractivity contribution < 1.29 is 4.79 Å². The lowest BCUT2D eigenvalue weighted by atomic mass is 10.0. The number of nitrogens with zero attached hydrogens (tertiary/aromatic N) is 4. The maximum absolute atomic E-state index is 12.5. The smallest absolute Gasteiger partial charge is 0.220 e. The summed E-state index contributed by atoms with van der Waals surface area (Å²) in [6.45, 7) is 10.1. The second-order valence-corrected chi connectivity index (χ2v) is 7.98. The van der Waals surface area contributed by atoms with Crippen molar-refractivity contribution in [3.8, 4) is 0 Å². The number of nitrogens with one attached hydrogen (secondary N) is 1. The van der Waals surface area contributed by atoms with Crippen LogP contribution < -0.4 is 5.32 Å². The summed E-state index contributed by atoms with van der Waals surface area (Å²) >= 11 is 0. The lowest BCUT2D eigenvalue weighted by Gasteiger charge is -2.15. The highest BCUT2D eigenvalue weighted by atomic mass is 16.1. The molecule has 0 saturated carbocycles. The normalized spacial score (nSPS) is 12.4. The number of carbonyl (C=O) groups excluding carboxylic acids is 1. The van der Waals surface area contributed by atoms with Crippen molar-refractivity contribution in [2.45, 2.75) is 53.5 Å². The molecule has 1 amide bonds. The molecule has 0 spiro atoms. The summed E-state index contributed by atoms with van der Waals surface area (Å²) < 4.78 is 1.87. The summed E-state index contributed by atoms with van der Waals surface area (Å²) in [5, 5.41) is 8.78. The van der Waals surface area contributed by atoms with Crippen molar-refractivity contribution in [1.29, 1.82) is 0 Å². The number of pyridine rings is 1. The molecule has 4 rings (SSSR count). The minimum atomic E-state index is -0.0183. The number of amides is 1. The Balaban J connectivity index is 1.58. The third-order valence-electron chi connectivity index (χ3n) is 5.69. The molecule has 3 aromatic heterocycles. The molecule has 0 saturated heterocycles. The van der Waals surface area contributed by atoms with Crippen molar-refractivity contribution in [3.05, 3.63) is 70.2 Å². The third kappa shape index (κ3) is 3.65. The Morgan fingerprint density at radius 2 is 1.83 bits per heavy atom. The monoisotopic (exact) mass is 401 g/mol. The van der Waals surface area contributed by atoms with Gasteiger partial charge in [-0.15, -0.1) is 5.10 Å². The zero-order valence-corrected chi connectivity index (χ0v) is 18.2. The van der Waals surface area contributed by atoms with Crippen LogP contribution in [0.1, 0.15) is 53.2 Å². The number of aromatic nitrogens is 4. The van der Waals surface area contributed by atoms with Gasteiger partial charge in [0.05, 0.1) is 11.4 Å². The minimum Gasteiger partial charge on any atom is -0.350 e. The first-order valence-electron chi connectivity index (χ1n) is 10.3. The summed E-state index contributed by atoms with van der Waals surface area (Å²) in [5.41, 5.74) is 7.73. The van der Waals surface area contributed by atoms with Crippen LogP contribution in [-0.2, 0) is 11.2 Å². The fourth-order valence-electron chi connectivity index (χ4n) is 4.11. The third-order valence-corrected chi connectivity index (χ3v) is 5.69. The molecular weight excluding hydrogens is 374 g/mol. The van der Waals surface area contributed by atoms with Gasteiger partial charge in [-0.3, -0.25) is 4.79 Å². The van der Waals surface area contributed by atoms with Gasteiger partial charge < -0.3 is 5.32 Å². The van der Waals surface area contributed by atoms with E-state index in [1.807, 2.05) is 62.5 Å². The van der Waals surface area contributed by atoms with Crippen LogP contribution in [0.15, 0.2) is 36.4 Å². The highest BCUT2D eigenvalue weighted by Gasteiger charge is 2.18. The van der Waals surface area contributed by atoms with Crippen LogP contribution >= 0.6 is 0 Å². The van der Waals surface area contributed by atoms with Crippen LogP contribution in [0.3, 0.4) is 0 Å². The molecule has 1 aromatic carbocycles. The van der Waals surface area contributed by atoms with Gasteiger partial charge in [0, 0.05) is 23.5 Å². The van der Waals surface area contributed by atoms with E-state index >= 15 is 0 Å². The Morgan fingerprint density at radius 3 is 2.57 bits per heavy atom.